The summed E-state index contributed by atoms with van der Waals surface area (Å²) in [5.41, 5.74) is 2.56. The molecule has 2 aromatic heterocycles. The molecule has 0 atom stereocenters. The molecular formula is C19H16N4O2. The third kappa shape index (κ3) is 3.67. The Bertz CT molecular complexity index is 968. The van der Waals surface area contributed by atoms with Gasteiger partial charge in [-0.2, -0.15) is 5.26 Å². The maximum absolute atomic E-state index is 12.3. The number of carbonyl (C=O) groups is 1. The van der Waals surface area contributed by atoms with Crippen LogP contribution in [0.1, 0.15) is 11.1 Å². The number of carbonyl (C=O) groups excluding carboxylic acids is 1. The van der Waals surface area contributed by atoms with E-state index < -0.39 is 5.91 Å². The summed E-state index contributed by atoms with van der Waals surface area (Å²) in [7, 11) is 1.59. The van der Waals surface area contributed by atoms with Crippen LogP contribution in [0.4, 0.5) is 0 Å². The topological polar surface area (TPSA) is 90.8 Å². The normalized spacial score (nSPS) is 11.1. The molecule has 0 aliphatic heterocycles. The number of hydrogen-bond acceptors (Lipinski definition) is 4. The van der Waals surface area contributed by atoms with Crippen LogP contribution in [-0.2, 0) is 11.3 Å². The van der Waals surface area contributed by atoms with Crippen LogP contribution in [0.15, 0.2) is 54.5 Å². The van der Waals surface area contributed by atoms with Crippen molar-refractivity contribution >= 4 is 22.9 Å². The van der Waals surface area contributed by atoms with Gasteiger partial charge in [-0.1, -0.05) is 6.07 Å². The first-order chi connectivity index (χ1) is 12.2. The summed E-state index contributed by atoms with van der Waals surface area (Å²) in [6.07, 6.45) is 6.66. The highest BCUT2D eigenvalue weighted by molar-refractivity contribution is 6.04. The van der Waals surface area contributed by atoms with Crippen molar-refractivity contribution in [2.24, 2.45) is 0 Å². The van der Waals surface area contributed by atoms with Gasteiger partial charge in [0, 0.05) is 41.6 Å². The number of nitrogens with one attached hydrogen (secondary N) is 2. The van der Waals surface area contributed by atoms with Gasteiger partial charge in [0.2, 0.25) is 0 Å². The summed E-state index contributed by atoms with van der Waals surface area (Å²) < 4.78 is 5.23. The molecular weight excluding hydrogens is 316 g/mol. The molecule has 0 radical (unpaired) electrons. The number of pyridine rings is 1. The Morgan fingerprint density at radius 2 is 2.32 bits per heavy atom. The first-order valence-corrected chi connectivity index (χ1v) is 7.65. The van der Waals surface area contributed by atoms with E-state index in [0.717, 1.165) is 22.0 Å². The van der Waals surface area contributed by atoms with Crippen molar-refractivity contribution in [3.05, 3.63) is 65.6 Å². The molecule has 1 aromatic carbocycles. The maximum atomic E-state index is 12.3. The molecule has 0 unspecified atom stereocenters. The SMILES string of the molecule is COc1ccc2[nH]cc(C=C(C#N)C(=O)NCc3cccnc3)c2c1. The second-order valence-electron chi connectivity index (χ2n) is 5.37. The van der Waals surface area contributed by atoms with Gasteiger partial charge in [-0.3, -0.25) is 9.78 Å². The zero-order chi connectivity index (χ0) is 17.6. The molecule has 0 aliphatic carbocycles. The third-order valence-corrected chi connectivity index (χ3v) is 3.76. The molecule has 3 aromatic rings. The zero-order valence-corrected chi connectivity index (χ0v) is 13.6. The summed E-state index contributed by atoms with van der Waals surface area (Å²) in [4.78, 5) is 19.4. The zero-order valence-electron chi connectivity index (χ0n) is 13.6. The van der Waals surface area contributed by atoms with E-state index in [1.165, 1.54) is 0 Å². The number of benzene rings is 1. The molecule has 124 valence electrons. The second kappa shape index (κ2) is 7.32. The molecule has 0 spiro atoms. The number of hydrogen-bond donors (Lipinski definition) is 2. The largest absolute Gasteiger partial charge is 0.497 e. The quantitative estimate of drug-likeness (QED) is 0.555. The Balaban J connectivity index is 1.82. The van der Waals surface area contributed by atoms with Crippen molar-refractivity contribution in [3.63, 3.8) is 0 Å². The fraction of sp³-hybridized carbons (Fsp3) is 0.105. The highest BCUT2D eigenvalue weighted by Gasteiger charge is 2.11. The minimum atomic E-state index is -0.427. The molecule has 3 rings (SSSR count). The number of rotatable bonds is 5. The fourth-order valence-electron chi connectivity index (χ4n) is 2.45. The lowest BCUT2D eigenvalue weighted by Gasteiger charge is -2.04. The molecule has 6 heteroatoms. The van der Waals surface area contributed by atoms with Crippen LogP contribution in [0.3, 0.4) is 0 Å². The van der Waals surface area contributed by atoms with E-state index in [-0.39, 0.29) is 5.57 Å². The van der Waals surface area contributed by atoms with Crippen LogP contribution in [0.5, 0.6) is 5.75 Å². The number of aromatic nitrogens is 2. The van der Waals surface area contributed by atoms with Gasteiger partial charge in [-0.05, 0) is 35.9 Å². The number of fused-ring (bicyclic) bond motifs is 1. The van der Waals surface area contributed by atoms with E-state index in [1.807, 2.05) is 30.3 Å². The van der Waals surface area contributed by atoms with Gasteiger partial charge < -0.3 is 15.0 Å². The molecule has 25 heavy (non-hydrogen) atoms. The number of nitriles is 1. The maximum Gasteiger partial charge on any atom is 0.262 e. The van der Waals surface area contributed by atoms with Crippen molar-refractivity contribution in [2.45, 2.75) is 6.54 Å². The van der Waals surface area contributed by atoms with Gasteiger partial charge in [0.25, 0.3) is 5.91 Å². The smallest absolute Gasteiger partial charge is 0.262 e. The van der Waals surface area contributed by atoms with E-state index >= 15 is 0 Å². The number of amides is 1. The highest BCUT2D eigenvalue weighted by Crippen LogP contribution is 2.25. The molecule has 2 N–H and O–H groups in total. The van der Waals surface area contributed by atoms with Gasteiger partial charge in [-0.25, -0.2) is 0 Å². The summed E-state index contributed by atoms with van der Waals surface area (Å²) in [6.45, 7) is 0.313. The van der Waals surface area contributed by atoms with Gasteiger partial charge >= 0.3 is 0 Å². The van der Waals surface area contributed by atoms with Gasteiger partial charge in [0.05, 0.1) is 7.11 Å². The third-order valence-electron chi connectivity index (χ3n) is 3.76. The van der Waals surface area contributed by atoms with E-state index in [4.69, 9.17) is 4.74 Å². The van der Waals surface area contributed by atoms with E-state index in [9.17, 15) is 10.1 Å². The highest BCUT2D eigenvalue weighted by atomic mass is 16.5. The average Bonchev–Trinajstić information content (AvgIpc) is 3.06. The molecule has 0 saturated heterocycles. The van der Waals surface area contributed by atoms with Gasteiger partial charge in [-0.15, -0.1) is 0 Å². The Morgan fingerprint density at radius 1 is 1.44 bits per heavy atom. The van der Waals surface area contributed by atoms with E-state index in [2.05, 4.69) is 15.3 Å². The first-order valence-electron chi connectivity index (χ1n) is 7.65. The Hall–Kier alpha value is -3.59. The van der Waals surface area contributed by atoms with Crippen LogP contribution in [-0.4, -0.2) is 23.0 Å². The predicted octanol–water partition coefficient (Wildman–Crippen LogP) is 2.79. The minimum absolute atomic E-state index is 0.0348. The lowest BCUT2D eigenvalue weighted by Crippen LogP contribution is -2.23. The van der Waals surface area contributed by atoms with E-state index in [1.54, 1.807) is 37.8 Å². The molecule has 0 fully saturated rings. The first kappa shape index (κ1) is 16.3. The lowest BCUT2D eigenvalue weighted by molar-refractivity contribution is -0.117. The summed E-state index contributed by atoms with van der Waals surface area (Å²) in [5, 5.41) is 12.9. The Labute approximate surface area is 144 Å². The monoisotopic (exact) mass is 332 g/mol. The van der Waals surface area contributed by atoms with Crippen molar-refractivity contribution in [1.82, 2.24) is 15.3 Å². The fourth-order valence-corrected chi connectivity index (χ4v) is 2.45. The summed E-state index contributed by atoms with van der Waals surface area (Å²) in [6, 6.07) is 11.2. The molecule has 0 bridgehead atoms. The van der Waals surface area contributed by atoms with Crippen molar-refractivity contribution in [1.29, 1.82) is 5.26 Å². The minimum Gasteiger partial charge on any atom is -0.497 e. The lowest BCUT2D eigenvalue weighted by atomic mass is 10.1. The number of aromatic amines is 1. The summed E-state index contributed by atoms with van der Waals surface area (Å²) in [5.74, 6) is 0.282. The van der Waals surface area contributed by atoms with Crippen LogP contribution < -0.4 is 10.1 Å². The van der Waals surface area contributed by atoms with E-state index in [0.29, 0.717) is 12.3 Å². The van der Waals surface area contributed by atoms with Crippen LogP contribution in [0.25, 0.3) is 17.0 Å². The molecule has 0 saturated carbocycles. The summed E-state index contributed by atoms with van der Waals surface area (Å²) >= 11 is 0. The Kier molecular flexibility index (Phi) is 4.77. The number of methoxy groups -OCH3 is 1. The average molecular weight is 332 g/mol. The van der Waals surface area contributed by atoms with Crippen LogP contribution >= 0.6 is 0 Å². The molecule has 0 aliphatic rings. The van der Waals surface area contributed by atoms with Gasteiger partial charge in [0.1, 0.15) is 17.4 Å². The number of H-pyrrole nitrogens is 1. The second-order valence-corrected chi connectivity index (χ2v) is 5.37. The molecule has 6 nitrogen and oxygen atoms in total. The molecule has 2 heterocycles. The predicted molar refractivity (Wildman–Crippen MR) is 94.5 cm³/mol. The van der Waals surface area contributed by atoms with Crippen molar-refractivity contribution in [2.75, 3.05) is 7.11 Å². The van der Waals surface area contributed by atoms with Crippen LogP contribution in [0, 0.1) is 11.3 Å². The number of ether oxygens (including phenoxy) is 1. The van der Waals surface area contributed by atoms with Crippen molar-refractivity contribution < 1.29 is 9.53 Å². The van der Waals surface area contributed by atoms with Gasteiger partial charge in [0.15, 0.2) is 0 Å². The standard InChI is InChI=1S/C19H16N4O2/c1-25-16-4-5-18-17(8-16)15(12-22-18)7-14(9-20)19(24)23-11-13-3-2-6-21-10-13/h2-8,10,12,22H,11H2,1H3,(H,23,24). The van der Waals surface area contributed by atoms with Crippen molar-refractivity contribution in [3.8, 4) is 11.8 Å². The molecule has 1 amide bonds. The van der Waals surface area contributed by atoms with Crippen LogP contribution in [0.2, 0.25) is 0 Å². The number of nitrogens with zero attached hydrogens (tertiary/aromatic N) is 2. The Morgan fingerprint density at radius 3 is 3.04 bits per heavy atom.